The number of carbonyl (C=O) groups is 1. The van der Waals surface area contributed by atoms with Crippen LogP contribution in [-0.4, -0.2) is 34.9 Å². The summed E-state index contributed by atoms with van der Waals surface area (Å²) in [7, 11) is 0. The van der Waals surface area contributed by atoms with Crippen molar-refractivity contribution in [1.82, 2.24) is 9.88 Å². The number of carbonyl (C=O) groups excluding carboxylic acids is 1. The number of hydrogen-bond donors (Lipinski definition) is 1. The minimum Gasteiger partial charge on any atom is -0.340 e. The molecule has 1 aliphatic heterocycles. The molecule has 2 N–H and O–H groups in total. The lowest BCUT2D eigenvalue weighted by atomic mass is 9.95. The second kappa shape index (κ2) is 10.9. The first-order valence-electron chi connectivity index (χ1n) is 9.34. The molecule has 1 saturated heterocycles. The topological polar surface area (TPSA) is 59.2 Å². The Hall–Kier alpha value is -1.99. The van der Waals surface area contributed by atoms with Crippen molar-refractivity contribution < 1.29 is 9.18 Å². The van der Waals surface area contributed by atoms with E-state index in [1.807, 2.05) is 28.5 Å². The van der Waals surface area contributed by atoms with E-state index in [4.69, 9.17) is 5.73 Å². The Morgan fingerprint density at radius 1 is 1.10 bits per heavy atom. The molecule has 8 heteroatoms. The normalized spacial score (nSPS) is 17.9. The van der Waals surface area contributed by atoms with E-state index in [0.717, 1.165) is 16.3 Å². The van der Waals surface area contributed by atoms with Gasteiger partial charge in [0.15, 0.2) is 0 Å². The number of nitrogens with zero attached hydrogens (tertiary/aromatic N) is 2. The van der Waals surface area contributed by atoms with Crippen molar-refractivity contribution in [1.29, 1.82) is 0 Å². The summed E-state index contributed by atoms with van der Waals surface area (Å²) < 4.78 is 13.0. The van der Waals surface area contributed by atoms with Gasteiger partial charge in [0.2, 0.25) is 5.91 Å². The molecule has 0 spiro atoms. The number of nitrogens with two attached hydrogens (primary N) is 1. The third-order valence-corrected chi connectivity index (χ3v) is 6.04. The summed E-state index contributed by atoms with van der Waals surface area (Å²) in [5, 5.41) is 2.86. The number of hydrogen-bond acceptors (Lipinski definition) is 4. The highest BCUT2D eigenvalue weighted by Crippen LogP contribution is 2.27. The monoisotopic (exact) mass is 467 g/mol. The number of likely N-dealkylation sites (tertiary alicyclic amines) is 1. The average molecular weight is 468 g/mol. The van der Waals surface area contributed by atoms with Gasteiger partial charge in [-0.05, 0) is 23.3 Å². The van der Waals surface area contributed by atoms with E-state index in [2.05, 4.69) is 17.1 Å². The molecular weight excluding hydrogens is 444 g/mol. The van der Waals surface area contributed by atoms with E-state index in [1.54, 1.807) is 12.1 Å². The van der Waals surface area contributed by atoms with Gasteiger partial charge in [-0.1, -0.05) is 42.5 Å². The van der Waals surface area contributed by atoms with Crippen molar-refractivity contribution in [3.05, 3.63) is 87.6 Å². The van der Waals surface area contributed by atoms with Gasteiger partial charge < -0.3 is 10.6 Å². The zero-order chi connectivity index (χ0) is 19.5. The smallest absolute Gasteiger partial charge is 0.228 e. The standard InChI is InChI=1S/C22H22FN3OS.2ClH/c23-17-8-6-15(7-9-17)10-21-25-18(14-28-21)11-22(27)26-12-19(20(24)13-26)16-4-2-1-3-5-16;;/h1-9,14,19-20H,10-13,24H2;2*1H/t19-,20+;;/m0../s1. The predicted molar refractivity (Wildman–Crippen MR) is 123 cm³/mol. The lowest BCUT2D eigenvalue weighted by Gasteiger charge is -2.16. The summed E-state index contributed by atoms with van der Waals surface area (Å²) >= 11 is 1.53. The fourth-order valence-electron chi connectivity index (χ4n) is 3.64. The molecule has 0 radical (unpaired) electrons. The van der Waals surface area contributed by atoms with Crippen LogP contribution in [0.5, 0.6) is 0 Å². The molecular formula is C22H24Cl2FN3OS. The summed E-state index contributed by atoms with van der Waals surface area (Å²) in [5.41, 5.74) is 9.27. The van der Waals surface area contributed by atoms with Gasteiger partial charge in [0.1, 0.15) is 5.82 Å². The van der Waals surface area contributed by atoms with E-state index in [-0.39, 0.29) is 54.9 Å². The van der Waals surface area contributed by atoms with Gasteiger partial charge in [-0.3, -0.25) is 4.79 Å². The Balaban J connectivity index is 0.00000160. The first kappa shape index (κ1) is 24.3. The third-order valence-electron chi connectivity index (χ3n) is 5.15. The van der Waals surface area contributed by atoms with Gasteiger partial charge in [-0.2, -0.15) is 0 Å². The summed E-state index contributed by atoms with van der Waals surface area (Å²) in [5.74, 6) is -0.00561. The van der Waals surface area contributed by atoms with Gasteiger partial charge in [0.05, 0.1) is 17.1 Å². The highest BCUT2D eigenvalue weighted by molar-refractivity contribution is 7.09. The molecule has 0 bridgehead atoms. The fraction of sp³-hybridized carbons (Fsp3) is 0.273. The Bertz CT molecular complexity index is 953. The molecule has 3 aromatic rings. The largest absolute Gasteiger partial charge is 0.340 e. The maximum absolute atomic E-state index is 13.0. The van der Waals surface area contributed by atoms with Crippen LogP contribution in [0.4, 0.5) is 4.39 Å². The zero-order valence-corrected chi connectivity index (χ0v) is 18.7. The predicted octanol–water partition coefficient (Wildman–Crippen LogP) is 4.21. The van der Waals surface area contributed by atoms with E-state index >= 15 is 0 Å². The molecule has 1 fully saturated rings. The van der Waals surface area contributed by atoms with Crippen LogP contribution in [0.25, 0.3) is 0 Å². The van der Waals surface area contributed by atoms with Crippen molar-refractivity contribution in [2.75, 3.05) is 13.1 Å². The molecule has 4 rings (SSSR count). The second-order valence-corrected chi connectivity index (χ2v) is 8.14. The van der Waals surface area contributed by atoms with Crippen LogP contribution in [0.2, 0.25) is 0 Å². The number of thiazole rings is 1. The lowest BCUT2D eigenvalue weighted by molar-refractivity contribution is -0.129. The van der Waals surface area contributed by atoms with E-state index < -0.39 is 0 Å². The Labute approximate surface area is 192 Å². The van der Waals surface area contributed by atoms with E-state index in [0.29, 0.717) is 19.5 Å². The van der Waals surface area contributed by atoms with E-state index in [9.17, 15) is 9.18 Å². The van der Waals surface area contributed by atoms with Gasteiger partial charge in [0.25, 0.3) is 0 Å². The van der Waals surface area contributed by atoms with Crippen LogP contribution in [0.15, 0.2) is 60.0 Å². The van der Waals surface area contributed by atoms with Crippen LogP contribution in [0, 0.1) is 5.82 Å². The maximum atomic E-state index is 13.0. The Morgan fingerprint density at radius 2 is 1.80 bits per heavy atom. The van der Waals surface area contributed by atoms with Crippen LogP contribution in [-0.2, 0) is 17.6 Å². The molecule has 2 aromatic carbocycles. The van der Waals surface area contributed by atoms with Crippen molar-refractivity contribution in [2.45, 2.75) is 24.8 Å². The van der Waals surface area contributed by atoms with Gasteiger partial charge in [0, 0.05) is 36.9 Å². The molecule has 2 atom stereocenters. The van der Waals surface area contributed by atoms with Crippen molar-refractivity contribution in [3.8, 4) is 0 Å². The van der Waals surface area contributed by atoms with Crippen LogP contribution >= 0.6 is 36.2 Å². The van der Waals surface area contributed by atoms with Crippen molar-refractivity contribution in [2.24, 2.45) is 5.73 Å². The Kier molecular flexibility index (Phi) is 8.79. The number of benzene rings is 2. The minimum absolute atomic E-state index is 0. The molecule has 30 heavy (non-hydrogen) atoms. The first-order valence-corrected chi connectivity index (χ1v) is 10.2. The fourth-order valence-corrected chi connectivity index (χ4v) is 4.47. The third kappa shape index (κ3) is 5.79. The molecule has 0 aliphatic carbocycles. The molecule has 2 heterocycles. The average Bonchev–Trinajstić information content (AvgIpc) is 3.31. The summed E-state index contributed by atoms with van der Waals surface area (Å²) in [6.45, 7) is 1.22. The van der Waals surface area contributed by atoms with Crippen LogP contribution < -0.4 is 5.73 Å². The zero-order valence-electron chi connectivity index (χ0n) is 16.2. The molecule has 4 nitrogen and oxygen atoms in total. The molecule has 1 aromatic heterocycles. The van der Waals surface area contributed by atoms with Crippen LogP contribution in [0.3, 0.4) is 0 Å². The maximum Gasteiger partial charge on any atom is 0.228 e. The SMILES string of the molecule is Cl.Cl.N[C@@H]1CN(C(=O)Cc2csc(Cc3ccc(F)cc3)n2)C[C@H]1c1ccccc1. The molecule has 0 unspecified atom stereocenters. The van der Waals surface area contributed by atoms with Crippen molar-refractivity contribution in [3.63, 3.8) is 0 Å². The van der Waals surface area contributed by atoms with Crippen molar-refractivity contribution >= 4 is 42.1 Å². The second-order valence-electron chi connectivity index (χ2n) is 7.19. The molecule has 0 saturated carbocycles. The lowest BCUT2D eigenvalue weighted by Crippen LogP contribution is -2.33. The molecule has 1 amide bonds. The Morgan fingerprint density at radius 3 is 2.50 bits per heavy atom. The highest BCUT2D eigenvalue weighted by Gasteiger charge is 2.33. The quantitative estimate of drug-likeness (QED) is 0.611. The summed E-state index contributed by atoms with van der Waals surface area (Å²) in [6, 6.07) is 16.5. The molecule has 1 aliphatic rings. The summed E-state index contributed by atoms with van der Waals surface area (Å²) in [6.07, 6.45) is 0.929. The first-order chi connectivity index (χ1) is 13.6. The summed E-state index contributed by atoms with van der Waals surface area (Å²) in [4.78, 5) is 19.2. The van der Waals surface area contributed by atoms with Gasteiger partial charge >= 0.3 is 0 Å². The van der Waals surface area contributed by atoms with Gasteiger partial charge in [-0.25, -0.2) is 9.37 Å². The highest BCUT2D eigenvalue weighted by atomic mass is 35.5. The number of aromatic nitrogens is 1. The minimum atomic E-state index is -0.244. The van der Waals surface area contributed by atoms with E-state index in [1.165, 1.54) is 29.0 Å². The number of rotatable bonds is 5. The molecule has 160 valence electrons. The number of halogens is 3. The number of amides is 1. The van der Waals surface area contributed by atoms with Crippen LogP contribution in [0.1, 0.15) is 27.7 Å². The van der Waals surface area contributed by atoms with Gasteiger partial charge in [-0.15, -0.1) is 36.2 Å².